The molecule has 0 spiro atoms. The molecule has 0 aromatic heterocycles. The van der Waals surface area contributed by atoms with Crippen molar-refractivity contribution in [3.63, 3.8) is 0 Å². The Balaban J connectivity index is 2.32. The summed E-state index contributed by atoms with van der Waals surface area (Å²) in [4.78, 5) is 4.58. The van der Waals surface area contributed by atoms with Crippen molar-refractivity contribution >= 4 is 5.84 Å². The van der Waals surface area contributed by atoms with E-state index in [0.717, 1.165) is 19.5 Å². The number of hydrogen-bond acceptors (Lipinski definition) is 2. The fourth-order valence-electron chi connectivity index (χ4n) is 1.60. The fourth-order valence-corrected chi connectivity index (χ4v) is 1.60. The summed E-state index contributed by atoms with van der Waals surface area (Å²) in [5.41, 5.74) is 0.387. The molecule has 0 radical (unpaired) electrons. The van der Waals surface area contributed by atoms with E-state index in [4.69, 9.17) is 0 Å². The lowest BCUT2D eigenvalue weighted by molar-refractivity contribution is 0.262. The van der Waals surface area contributed by atoms with Crippen LogP contribution in [-0.4, -0.2) is 18.9 Å². The van der Waals surface area contributed by atoms with Crippen molar-refractivity contribution < 1.29 is 0 Å². The molecule has 1 rings (SSSR count). The molecule has 1 aliphatic heterocycles. The van der Waals surface area contributed by atoms with Gasteiger partial charge in [-0.1, -0.05) is 34.1 Å². The van der Waals surface area contributed by atoms with Gasteiger partial charge in [0.1, 0.15) is 0 Å². The second kappa shape index (κ2) is 5.53. The monoisotopic (exact) mass is 210 g/mol. The third-order valence-corrected chi connectivity index (χ3v) is 3.47. The quantitative estimate of drug-likeness (QED) is 0.743. The van der Waals surface area contributed by atoms with E-state index < -0.39 is 0 Å². The Morgan fingerprint density at radius 3 is 2.67 bits per heavy atom. The molecule has 0 aliphatic carbocycles. The molecule has 1 heterocycles. The zero-order chi connectivity index (χ0) is 11.3. The van der Waals surface area contributed by atoms with Crippen molar-refractivity contribution in [3.05, 3.63) is 0 Å². The van der Waals surface area contributed by atoms with Gasteiger partial charge in [0.05, 0.1) is 5.84 Å². The summed E-state index contributed by atoms with van der Waals surface area (Å²) in [7, 11) is 0. The topological polar surface area (TPSA) is 24.4 Å². The van der Waals surface area contributed by atoms with Gasteiger partial charge in [-0.05, 0) is 24.2 Å². The molecule has 2 nitrogen and oxygen atoms in total. The predicted octanol–water partition coefficient (Wildman–Crippen LogP) is 3.23. The molecule has 1 N–H and O–H groups in total. The first-order chi connectivity index (χ1) is 7.00. The van der Waals surface area contributed by atoms with Crippen LogP contribution in [0.15, 0.2) is 4.99 Å². The third-order valence-electron chi connectivity index (χ3n) is 3.47. The highest BCUT2D eigenvalue weighted by molar-refractivity contribution is 5.82. The number of nitrogens with one attached hydrogen (secondary N) is 1. The zero-order valence-electron chi connectivity index (χ0n) is 10.8. The van der Waals surface area contributed by atoms with Gasteiger partial charge in [0.2, 0.25) is 0 Å². The maximum atomic E-state index is 4.58. The average molecular weight is 210 g/mol. The molecule has 2 heteroatoms. The normalized spacial score (nSPS) is 20.4. The van der Waals surface area contributed by atoms with Gasteiger partial charge in [-0.15, -0.1) is 0 Å². The van der Waals surface area contributed by atoms with E-state index in [-0.39, 0.29) is 0 Å². The Bertz CT molecular complexity index is 213. The lowest BCUT2D eigenvalue weighted by Crippen LogP contribution is -2.33. The molecular weight excluding hydrogens is 184 g/mol. The van der Waals surface area contributed by atoms with Crippen LogP contribution in [0.25, 0.3) is 0 Å². The number of nitrogens with zero attached hydrogens (tertiary/aromatic N) is 1. The molecule has 0 aromatic carbocycles. The average Bonchev–Trinajstić information content (AvgIpc) is 2.40. The molecule has 0 saturated heterocycles. The van der Waals surface area contributed by atoms with E-state index in [1.807, 2.05) is 0 Å². The summed E-state index contributed by atoms with van der Waals surface area (Å²) in [6, 6.07) is 0. The van der Waals surface area contributed by atoms with Gasteiger partial charge in [-0.3, -0.25) is 4.99 Å². The molecule has 1 aliphatic rings. The van der Waals surface area contributed by atoms with E-state index >= 15 is 0 Å². The second-order valence-electron chi connectivity index (χ2n) is 5.79. The maximum Gasteiger partial charge on any atom is 0.0963 e. The summed E-state index contributed by atoms with van der Waals surface area (Å²) in [6.07, 6.45) is 5.05. The van der Waals surface area contributed by atoms with Gasteiger partial charge < -0.3 is 5.32 Å². The Morgan fingerprint density at radius 2 is 2.00 bits per heavy atom. The van der Waals surface area contributed by atoms with Gasteiger partial charge in [0.15, 0.2) is 0 Å². The fraction of sp³-hybridized carbons (Fsp3) is 0.923. The highest BCUT2D eigenvalue weighted by atomic mass is 15.0. The molecular formula is C13H26N2. The van der Waals surface area contributed by atoms with Gasteiger partial charge >= 0.3 is 0 Å². The number of rotatable bonds is 2. The lowest BCUT2D eigenvalue weighted by atomic mass is 9.82. The smallest absolute Gasteiger partial charge is 0.0963 e. The summed E-state index contributed by atoms with van der Waals surface area (Å²) < 4.78 is 0. The van der Waals surface area contributed by atoms with E-state index in [1.165, 1.54) is 25.1 Å². The van der Waals surface area contributed by atoms with Crippen molar-refractivity contribution in [2.24, 2.45) is 16.3 Å². The van der Waals surface area contributed by atoms with Crippen LogP contribution in [0.5, 0.6) is 0 Å². The SMILES string of the molecule is CC(CNC1=NCCCCC1)C(C)(C)C. The van der Waals surface area contributed by atoms with Crippen molar-refractivity contribution in [2.75, 3.05) is 13.1 Å². The van der Waals surface area contributed by atoms with Crippen molar-refractivity contribution in [2.45, 2.75) is 53.4 Å². The highest BCUT2D eigenvalue weighted by Crippen LogP contribution is 2.24. The molecule has 1 atom stereocenters. The Labute approximate surface area is 94.6 Å². The first kappa shape index (κ1) is 12.5. The van der Waals surface area contributed by atoms with Gasteiger partial charge in [-0.2, -0.15) is 0 Å². The highest BCUT2D eigenvalue weighted by Gasteiger charge is 2.19. The van der Waals surface area contributed by atoms with E-state index in [2.05, 4.69) is 38.0 Å². The maximum absolute atomic E-state index is 4.58. The Kier molecular flexibility index (Phi) is 4.62. The van der Waals surface area contributed by atoms with Crippen LogP contribution in [0.3, 0.4) is 0 Å². The van der Waals surface area contributed by atoms with Crippen LogP contribution in [0.2, 0.25) is 0 Å². The molecule has 15 heavy (non-hydrogen) atoms. The largest absolute Gasteiger partial charge is 0.374 e. The first-order valence-electron chi connectivity index (χ1n) is 6.27. The van der Waals surface area contributed by atoms with E-state index in [0.29, 0.717) is 11.3 Å². The predicted molar refractivity (Wildman–Crippen MR) is 67.4 cm³/mol. The second-order valence-corrected chi connectivity index (χ2v) is 5.79. The van der Waals surface area contributed by atoms with Gasteiger partial charge in [0, 0.05) is 19.5 Å². The first-order valence-corrected chi connectivity index (χ1v) is 6.27. The van der Waals surface area contributed by atoms with Crippen LogP contribution in [-0.2, 0) is 0 Å². The Hall–Kier alpha value is -0.530. The summed E-state index contributed by atoms with van der Waals surface area (Å²) in [6.45, 7) is 11.3. The number of amidine groups is 1. The van der Waals surface area contributed by atoms with Crippen molar-refractivity contribution in [1.82, 2.24) is 5.32 Å². The van der Waals surface area contributed by atoms with Crippen LogP contribution < -0.4 is 5.32 Å². The van der Waals surface area contributed by atoms with Gasteiger partial charge in [-0.25, -0.2) is 0 Å². The summed E-state index contributed by atoms with van der Waals surface area (Å²) >= 11 is 0. The minimum Gasteiger partial charge on any atom is -0.374 e. The molecule has 0 fully saturated rings. The van der Waals surface area contributed by atoms with Crippen LogP contribution in [0.1, 0.15) is 53.4 Å². The van der Waals surface area contributed by atoms with Gasteiger partial charge in [0.25, 0.3) is 0 Å². The van der Waals surface area contributed by atoms with Crippen LogP contribution in [0.4, 0.5) is 0 Å². The van der Waals surface area contributed by atoms with Crippen LogP contribution >= 0.6 is 0 Å². The lowest BCUT2D eigenvalue weighted by Gasteiger charge is -2.27. The molecule has 0 amide bonds. The summed E-state index contributed by atoms with van der Waals surface area (Å²) in [5, 5.41) is 3.52. The molecule has 1 unspecified atom stereocenters. The Morgan fingerprint density at radius 1 is 1.27 bits per heavy atom. The van der Waals surface area contributed by atoms with Crippen molar-refractivity contribution in [3.8, 4) is 0 Å². The van der Waals surface area contributed by atoms with Crippen molar-refractivity contribution in [1.29, 1.82) is 0 Å². The van der Waals surface area contributed by atoms with E-state index in [1.54, 1.807) is 0 Å². The minimum absolute atomic E-state index is 0.387. The molecule has 88 valence electrons. The molecule has 0 saturated carbocycles. The number of hydrogen-bond donors (Lipinski definition) is 1. The van der Waals surface area contributed by atoms with E-state index in [9.17, 15) is 0 Å². The zero-order valence-corrected chi connectivity index (χ0v) is 10.8. The minimum atomic E-state index is 0.387. The number of aliphatic imine (C=N–C) groups is 1. The molecule has 0 bridgehead atoms. The summed E-state index contributed by atoms with van der Waals surface area (Å²) in [5.74, 6) is 1.92. The van der Waals surface area contributed by atoms with Crippen LogP contribution in [0, 0.1) is 11.3 Å². The molecule has 0 aromatic rings. The standard InChI is InChI=1S/C13H26N2/c1-11(13(2,3)4)10-15-12-8-6-5-7-9-14-12/h11H,5-10H2,1-4H3,(H,14,15). The third kappa shape index (κ3) is 4.67.